The Kier molecular flexibility index (Phi) is 4.00. The average molecular weight is 262 g/mol. The van der Waals surface area contributed by atoms with Gasteiger partial charge in [-0.15, -0.1) is 0 Å². The number of hydrogen-bond acceptors (Lipinski definition) is 3. The molecular formula is C14H15FN2O2. The van der Waals surface area contributed by atoms with Gasteiger partial charge in [0.2, 0.25) is 5.91 Å². The summed E-state index contributed by atoms with van der Waals surface area (Å²) < 4.78 is 19.2. The van der Waals surface area contributed by atoms with Gasteiger partial charge in [0.25, 0.3) is 0 Å². The summed E-state index contributed by atoms with van der Waals surface area (Å²) in [5.74, 6) is -0.295. The van der Waals surface area contributed by atoms with E-state index >= 15 is 0 Å². The maximum Gasteiger partial charge on any atom is 0.219 e. The van der Waals surface area contributed by atoms with Gasteiger partial charge < -0.3 is 9.64 Å². The van der Waals surface area contributed by atoms with Crippen LogP contribution in [0.2, 0.25) is 0 Å². The zero-order valence-corrected chi connectivity index (χ0v) is 10.7. The van der Waals surface area contributed by atoms with E-state index in [1.165, 1.54) is 18.2 Å². The fourth-order valence-electron chi connectivity index (χ4n) is 2.13. The van der Waals surface area contributed by atoms with E-state index in [0.29, 0.717) is 25.9 Å². The molecule has 1 fully saturated rings. The van der Waals surface area contributed by atoms with Gasteiger partial charge in [0.15, 0.2) is 11.6 Å². The lowest BCUT2D eigenvalue weighted by Gasteiger charge is -2.31. The Bertz CT molecular complexity index is 517. The largest absolute Gasteiger partial charge is 0.487 e. The Morgan fingerprint density at radius 2 is 2.16 bits per heavy atom. The van der Waals surface area contributed by atoms with Crippen LogP contribution in [0.3, 0.4) is 0 Å². The molecule has 2 rings (SSSR count). The number of ether oxygens (including phenoxy) is 1. The minimum absolute atomic E-state index is 0.0583. The Balaban J connectivity index is 1.96. The number of halogens is 1. The van der Waals surface area contributed by atoms with Crippen LogP contribution in [0.4, 0.5) is 4.39 Å². The number of carbonyl (C=O) groups excluding carboxylic acids is 1. The molecule has 1 aromatic carbocycles. The molecule has 0 aromatic heterocycles. The molecule has 0 unspecified atom stereocenters. The Labute approximate surface area is 111 Å². The van der Waals surface area contributed by atoms with Crippen molar-refractivity contribution in [1.29, 1.82) is 5.26 Å². The second kappa shape index (κ2) is 5.70. The van der Waals surface area contributed by atoms with Crippen molar-refractivity contribution in [3.05, 3.63) is 29.6 Å². The van der Waals surface area contributed by atoms with Gasteiger partial charge in [0, 0.05) is 32.9 Å². The summed E-state index contributed by atoms with van der Waals surface area (Å²) in [6.07, 6.45) is 1.30. The van der Waals surface area contributed by atoms with Gasteiger partial charge >= 0.3 is 0 Å². The third-order valence-corrected chi connectivity index (χ3v) is 3.24. The van der Waals surface area contributed by atoms with Gasteiger partial charge in [-0.2, -0.15) is 5.26 Å². The topological polar surface area (TPSA) is 53.3 Å². The zero-order chi connectivity index (χ0) is 13.8. The number of benzene rings is 1. The van der Waals surface area contributed by atoms with Crippen molar-refractivity contribution >= 4 is 5.91 Å². The Morgan fingerprint density at radius 1 is 1.47 bits per heavy atom. The van der Waals surface area contributed by atoms with E-state index in [0.717, 1.165) is 0 Å². The summed E-state index contributed by atoms with van der Waals surface area (Å²) in [4.78, 5) is 12.9. The molecule has 19 heavy (non-hydrogen) atoms. The van der Waals surface area contributed by atoms with Gasteiger partial charge in [-0.05, 0) is 18.2 Å². The number of amides is 1. The highest BCUT2D eigenvalue weighted by atomic mass is 19.1. The molecule has 1 amide bonds. The van der Waals surface area contributed by atoms with Gasteiger partial charge in [-0.3, -0.25) is 4.79 Å². The molecule has 0 spiro atoms. The normalized spacial score (nSPS) is 15.9. The van der Waals surface area contributed by atoms with Crippen LogP contribution in [0.5, 0.6) is 5.75 Å². The molecule has 4 nitrogen and oxygen atoms in total. The molecule has 1 aliphatic heterocycles. The van der Waals surface area contributed by atoms with Crippen LogP contribution in [-0.4, -0.2) is 30.0 Å². The van der Waals surface area contributed by atoms with Crippen LogP contribution >= 0.6 is 0 Å². The Hall–Kier alpha value is -2.09. The zero-order valence-electron chi connectivity index (χ0n) is 10.7. The summed E-state index contributed by atoms with van der Waals surface area (Å²) in [5, 5.41) is 8.66. The van der Waals surface area contributed by atoms with Crippen LogP contribution in [0.1, 0.15) is 25.3 Å². The van der Waals surface area contributed by atoms with E-state index in [2.05, 4.69) is 0 Å². The number of hydrogen-bond donors (Lipinski definition) is 0. The molecule has 0 bridgehead atoms. The van der Waals surface area contributed by atoms with Crippen molar-refractivity contribution in [1.82, 2.24) is 4.90 Å². The van der Waals surface area contributed by atoms with Gasteiger partial charge in [-0.1, -0.05) is 0 Å². The van der Waals surface area contributed by atoms with Crippen molar-refractivity contribution in [2.45, 2.75) is 25.9 Å². The van der Waals surface area contributed by atoms with E-state index in [-0.39, 0.29) is 23.3 Å². The van der Waals surface area contributed by atoms with E-state index in [9.17, 15) is 9.18 Å². The maximum absolute atomic E-state index is 13.7. The molecule has 0 atom stereocenters. The highest BCUT2D eigenvalue weighted by molar-refractivity contribution is 5.73. The molecule has 5 heteroatoms. The van der Waals surface area contributed by atoms with Crippen molar-refractivity contribution in [3.8, 4) is 11.8 Å². The number of piperidine rings is 1. The van der Waals surface area contributed by atoms with E-state index in [1.807, 2.05) is 6.07 Å². The summed E-state index contributed by atoms with van der Waals surface area (Å²) >= 11 is 0. The Morgan fingerprint density at radius 3 is 2.68 bits per heavy atom. The molecule has 1 saturated heterocycles. The monoisotopic (exact) mass is 262 g/mol. The number of likely N-dealkylation sites (tertiary alicyclic amines) is 1. The quantitative estimate of drug-likeness (QED) is 0.820. The lowest BCUT2D eigenvalue weighted by molar-refractivity contribution is -0.130. The van der Waals surface area contributed by atoms with E-state index < -0.39 is 5.82 Å². The summed E-state index contributed by atoms with van der Waals surface area (Å²) in [7, 11) is 0. The number of nitrogens with zero attached hydrogens (tertiary/aromatic N) is 2. The summed E-state index contributed by atoms with van der Waals surface area (Å²) in [6.45, 7) is 2.82. The van der Waals surface area contributed by atoms with Gasteiger partial charge in [-0.25, -0.2) is 4.39 Å². The molecule has 0 saturated carbocycles. The minimum atomic E-state index is -0.520. The first-order valence-electron chi connectivity index (χ1n) is 6.22. The van der Waals surface area contributed by atoms with Gasteiger partial charge in [0.1, 0.15) is 6.10 Å². The van der Waals surface area contributed by atoms with Crippen LogP contribution in [0.25, 0.3) is 0 Å². The maximum atomic E-state index is 13.7. The predicted octanol–water partition coefficient (Wildman–Crippen LogP) is 2.09. The van der Waals surface area contributed by atoms with Crippen LogP contribution < -0.4 is 4.74 Å². The first-order chi connectivity index (χ1) is 9.10. The van der Waals surface area contributed by atoms with Crippen LogP contribution in [0, 0.1) is 17.1 Å². The minimum Gasteiger partial charge on any atom is -0.487 e. The predicted molar refractivity (Wildman–Crippen MR) is 67.0 cm³/mol. The van der Waals surface area contributed by atoms with Crippen molar-refractivity contribution < 1.29 is 13.9 Å². The van der Waals surface area contributed by atoms with E-state index in [4.69, 9.17) is 10.00 Å². The lowest BCUT2D eigenvalue weighted by Crippen LogP contribution is -2.40. The third kappa shape index (κ3) is 3.22. The van der Waals surface area contributed by atoms with Gasteiger partial charge in [0.05, 0.1) is 11.6 Å². The first-order valence-corrected chi connectivity index (χ1v) is 6.22. The average Bonchev–Trinajstić information content (AvgIpc) is 2.41. The molecule has 0 N–H and O–H groups in total. The fraction of sp³-hybridized carbons (Fsp3) is 0.429. The highest BCUT2D eigenvalue weighted by Crippen LogP contribution is 2.23. The van der Waals surface area contributed by atoms with Crippen molar-refractivity contribution in [2.75, 3.05) is 13.1 Å². The number of rotatable bonds is 2. The third-order valence-electron chi connectivity index (χ3n) is 3.24. The molecule has 100 valence electrons. The second-order valence-corrected chi connectivity index (χ2v) is 4.58. The first kappa shape index (κ1) is 13.3. The number of nitriles is 1. The molecule has 1 aliphatic rings. The molecular weight excluding hydrogens is 247 g/mol. The lowest BCUT2D eigenvalue weighted by atomic mass is 10.1. The standard InChI is InChI=1S/C14H15FN2O2/c1-10(18)17-6-4-12(5-7-17)19-14-3-2-11(9-16)8-13(14)15/h2-3,8,12H,4-7H2,1H3. The molecule has 1 aromatic rings. The molecule has 0 radical (unpaired) electrons. The van der Waals surface area contributed by atoms with Crippen LogP contribution in [-0.2, 0) is 4.79 Å². The number of carbonyl (C=O) groups is 1. The fourth-order valence-corrected chi connectivity index (χ4v) is 2.13. The smallest absolute Gasteiger partial charge is 0.219 e. The highest BCUT2D eigenvalue weighted by Gasteiger charge is 2.22. The second-order valence-electron chi connectivity index (χ2n) is 4.58. The van der Waals surface area contributed by atoms with E-state index in [1.54, 1.807) is 11.8 Å². The SMILES string of the molecule is CC(=O)N1CCC(Oc2ccc(C#N)cc2F)CC1. The summed E-state index contributed by atoms with van der Waals surface area (Å²) in [6, 6.07) is 6.05. The summed E-state index contributed by atoms with van der Waals surface area (Å²) in [5.41, 5.74) is 0.274. The molecule has 1 heterocycles. The van der Waals surface area contributed by atoms with Crippen molar-refractivity contribution in [2.24, 2.45) is 0 Å². The van der Waals surface area contributed by atoms with Crippen LogP contribution in [0.15, 0.2) is 18.2 Å². The molecule has 0 aliphatic carbocycles. The van der Waals surface area contributed by atoms with Crippen molar-refractivity contribution in [3.63, 3.8) is 0 Å².